The van der Waals surface area contributed by atoms with Crippen LogP contribution in [0, 0.1) is 0 Å². The van der Waals surface area contributed by atoms with E-state index in [0.29, 0.717) is 17.3 Å². The molecule has 0 saturated heterocycles. The van der Waals surface area contributed by atoms with Crippen molar-refractivity contribution in [2.75, 3.05) is 0 Å². The van der Waals surface area contributed by atoms with Crippen LogP contribution in [-0.4, -0.2) is 15.6 Å². The molecule has 4 nitrogen and oxygen atoms in total. The molecule has 1 N–H and O–H groups in total. The normalized spacial score (nSPS) is 10.4. The van der Waals surface area contributed by atoms with Gasteiger partial charge in [-0.3, -0.25) is 4.79 Å². The summed E-state index contributed by atoms with van der Waals surface area (Å²) in [6.07, 6.45) is 2.91. The van der Waals surface area contributed by atoms with Crippen molar-refractivity contribution in [3.8, 4) is 0 Å². The summed E-state index contributed by atoms with van der Waals surface area (Å²) in [5, 5.41) is 10.00. The molecule has 1 aromatic carbocycles. The molecule has 17 heavy (non-hydrogen) atoms. The van der Waals surface area contributed by atoms with E-state index < -0.39 is 5.97 Å². The fourth-order valence-electron chi connectivity index (χ4n) is 1.79. The molecular weight excluding hydrogens is 218 g/mol. The van der Waals surface area contributed by atoms with Gasteiger partial charge in [-0.15, -0.1) is 6.58 Å². The van der Waals surface area contributed by atoms with E-state index in [1.54, 1.807) is 30.3 Å². The van der Waals surface area contributed by atoms with Crippen molar-refractivity contribution < 1.29 is 9.90 Å². The third-order valence-corrected chi connectivity index (χ3v) is 2.55. The van der Waals surface area contributed by atoms with Gasteiger partial charge in [0, 0.05) is 23.5 Å². The molecular formula is C13H11NO3. The van der Waals surface area contributed by atoms with Gasteiger partial charge in [0.2, 0.25) is 0 Å². The third-order valence-electron chi connectivity index (χ3n) is 2.55. The van der Waals surface area contributed by atoms with Crippen molar-refractivity contribution >= 4 is 16.7 Å². The SMILES string of the molecule is C=CCn1cc(C(=O)O)c2ccccc2c1=O. The summed E-state index contributed by atoms with van der Waals surface area (Å²) in [6.45, 7) is 3.84. The molecule has 2 rings (SSSR count). The fraction of sp³-hybridized carbons (Fsp3) is 0.0769. The van der Waals surface area contributed by atoms with E-state index in [4.69, 9.17) is 5.11 Å². The summed E-state index contributed by atoms with van der Waals surface area (Å²) < 4.78 is 1.35. The minimum absolute atomic E-state index is 0.127. The predicted octanol–water partition coefficient (Wildman–Crippen LogP) is 1.89. The molecule has 86 valence electrons. The molecule has 0 aliphatic rings. The maximum atomic E-state index is 12.0. The number of hydrogen-bond acceptors (Lipinski definition) is 2. The lowest BCUT2D eigenvalue weighted by molar-refractivity contribution is 0.0698. The van der Waals surface area contributed by atoms with Gasteiger partial charge in [0.1, 0.15) is 0 Å². The zero-order valence-corrected chi connectivity index (χ0v) is 9.09. The van der Waals surface area contributed by atoms with Crippen molar-refractivity contribution in [2.45, 2.75) is 6.54 Å². The van der Waals surface area contributed by atoms with Gasteiger partial charge < -0.3 is 9.67 Å². The third kappa shape index (κ3) is 1.85. The molecule has 0 bridgehead atoms. The Bertz CT molecular complexity index is 655. The van der Waals surface area contributed by atoms with Crippen LogP contribution in [0.3, 0.4) is 0 Å². The number of benzene rings is 1. The first-order valence-electron chi connectivity index (χ1n) is 5.11. The van der Waals surface area contributed by atoms with Gasteiger partial charge in [-0.2, -0.15) is 0 Å². The van der Waals surface area contributed by atoms with Crippen molar-refractivity contribution in [1.29, 1.82) is 0 Å². The number of carbonyl (C=O) groups is 1. The van der Waals surface area contributed by atoms with Crippen molar-refractivity contribution in [1.82, 2.24) is 4.57 Å². The zero-order chi connectivity index (χ0) is 12.4. The molecule has 0 spiro atoms. The number of nitrogens with zero attached hydrogens (tertiary/aromatic N) is 1. The van der Waals surface area contributed by atoms with E-state index in [-0.39, 0.29) is 11.1 Å². The minimum atomic E-state index is -1.04. The molecule has 1 heterocycles. The molecule has 0 saturated carbocycles. The molecule has 0 unspecified atom stereocenters. The number of allylic oxidation sites excluding steroid dienone is 1. The van der Waals surface area contributed by atoms with E-state index in [0.717, 1.165) is 0 Å². The Morgan fingerprint density at radius 2 is 2.00 bits per heavy atom. The van der Waals surface area contributed by atoms with Crippen LogP contribution in [0.1, 0.15) is 10.4 Å². The first kappa shape index (κ1) is 11.1. The van der Waals surface area contributed by atoms with E-state index >= 15 is 0 Å². The molecule has 2 aromatic rings. The van der Waals surface area contributed by atoms with Crippen LogP contribution >= 0.6 is 0 Å². The molecule has 4 heteroatoms. The van der Waals surface area contributed by atoms with Crippen LogP contribution < -0.4 is 5.56 Å². The average molecular weight is 229 g/mol. The number of rotatable bonds is 3. The highest BCUT2D eigenvalue weighted by Crippen LogP contribution is 2.15. The minimum Gasteiger partial charge on any atom is -0.478 e. The van der Waals surface area contributed by atoms with Gasteiger partial charge in [-0.05, 0) is 6.07 Å². The Kier molecular flexibility index (Phi) is 2.78. The second-order valence-corrected chi connectivity index (χ2v) is 3.64. The number of carboxylic acids is 1. The lowest BCUT2D eigenvalue weighted by Gasteiger charge is -2.07. The van der Waals surface area contributed by atoms with Gasteiger partial charge in [0.05, 0.1) is 5.56 Å². The molecule has 0 aliphatic heterocycles. The van der Waals surface area contributed by atoms with Crippen molar-refractivity contribution in [3.05, 3.63) is 59.0 Å². The average Bonchev–Trinajstić information content (AvgIpc) is 2.32. The summed E-state index contributed by atoms with van der Waals surface area (Å²) in [5.74, 6) is -1.04. The number of hydrogen-bond donors (Lipinski definition) is 1. The molecule has 0 radical (unpaired) electrons. The Morgan fingerprint density at radius 1 is 1.35 bits per heavy atom. The second-order valence-electron chi connectivity index (χ2n) is 3.64. The van der Waals surface area contributed by atoms with E-state index in [1.807, 2.05) is 0 Å². The number of aromatic nitrogens is 1. The quantitative estimate of drug-likeness (QED) is 0.817. The highest BCUT2D eigenvalue weighted by atomic mass is 16.4. The van der Waals surface area contributed by atoms with Crippen LogP contribution in [0.25, 0.3) is 10.8 Å². The first-order chi connectivity index (χ1) is 8.15. The fourth-order valence-corrected chi connectivity index (χ4v) is 1.79. The lowest BCUT2D eigenvalue weighted by atomic mass is 10.1. The largest absolute Gasteiger partial charge is 0.478 e. The number of fused-ring (bicyclic) bond motifs is 1. The number of aromatic carboxylic acids is 1. The standard InChI is InChI=1S/C13H11NO3/c1-2-7-14-8-11(13(16)17)9-5-3-4-6-10(9)12(14)15/h2-6,8H,1,7H2,(H,16,17). The Hall–Kier alpha value is -2.36. The molecule has 1 aromatic heterocycles. The predicted molar refractivity (Wildman–Crippen MR) is 65.4 cm³/mol. The smallest absolute Gasteiger partial charge is 0.337 e. The van der Waals surface area contributed by atoms with E-state index in [9.17, 15) is 9.59 Å². The van der Waals surface area contributed by atoms with E-state index in [2.05, 4.69) is 6.58 Å². The summed E-state index contributed by atoms with van der Waals surface area (Å²) in [5.41, 5.74) is -0.0763. The maximum Gasteiger partial charge on any atom is 0.337 e. The van der Waals surface area contributed by atoms with Gasteiger partial charge in [-0.25, -0.2) is 4.79 Å². The Labute approximate surface area is 97.4 Å². The number of pyridine rings is 1. The highest BCUT2D eigenvalue weighted by Gasteiger charge is 2.12. The zero-order valence-electron chi connectivity index (χ0n) is 9.09. The molecule has 0 amide bonds. The molecule has 0 fully saturated rings. The topological polar surface area (TPSA) is 59.3 Å². The lowest BCUT2D eigenvalue weighted by Crippen LogP contribution is -2.21. The molecule has 0 aliphatic carbocycles. The Morgan fingerprint density at radius 3 is 2.59 bits per heavy atom. The summed E-state index contributed by atoms with van der Waals surface area (Å²) in [4.78, 5) is 23.2. The van der Waals surface area contributed by atoms with Crippen LogP contribution in [0.5, 0.6) is 0 Å². The summed E-state index contributed by atoms with van der Waals surface area (Å²) in [7, 11) is 0. The van der Waals surface area contributed by atoms with Crippen molar-refractivity contribution in [3.63, 3.8) is 0 Å². The van der Waals surface area contributed by atoms with Crippen LogP contribution in [0.2, 0.25) is 0 Å². The second kappa shape index (κ2) is 4.25. The number of carboxylic acid groups (broad SMARTS) is 1. The van der Waals surface area contributed by atoms with E-state index in [1.165, 1.54) is 10.8 Å². The van der Waals surface area contributed by atoms with Crippen molar-refractivity contribution in [2.24, 2.45) is 0 Å². The highest BCUT2D eigenvalue weighted by molar-refractivity contribution is 6.02. The Balaban J connectivity index is 2.89. The monoisotopic (exact) mass is 229 g/mol. The van der Waals surface area contributed by atoms with Crippen LogP contribution in [-0.2, 0) is 6.54 Å². The van der Waals surface area contributed by atoms with Gasteiger partial charge in [0.25, 0.3) is 5.56 Å². The first-order valence-corrected chi connectivity index (χ1v) is 5.11. The van der Waals surface area contributed by atoms with Gasteiger partial charge in [0.15, 0.2) is 0 Å². The van der Waals surface area contributed by atoms with Gasteiger partial charge in [-0.1, -0.05) is 24.3 Å². The van der Waals surface area contributed by atoms with Crippen LogP contribution in [0.15, 0.2) is 47.9 Å². The van der Waals surface area contributed by atoms with Crippen LogP contribution in [0.4, 0.5) is 0 Å². The molecule has 0 atom stereocenters. The van der Waals surface area contributed by atoms with Gasteiger partial charge >= 0.3 is 5.97 Å². The maximum absolute atomic E-state index is 12.0. The summed E-state index contributed by atoms with van der Waals surface area (Å²) in [6, 6.07) is 6.70. The summed E-state index contributed by atoms with van der Waals surface area (Å²) >= 11 is 0.